The van der Waals surface area contributed by atoms with E-state index >= 15 is 0 Å². The number of para-hydroxylation sites is 1. The molecule has 1 heterocycles. The molecule has 0 aliphatic heterocycles. The minimum atomic E-state index is 0.610. The van der Waals surface area contributed by atoms with Crippen molar-refractivity contribution in [3.05, 3.63) is 34.3 Å². The van der Waals surface area contributed by atoms with E-state index in [2.05, 4.69) is 10.3 Å². The molecule has 0 spiro atoms. The molecule has 1 aromatic heterocycles. The van der Waals surface area contributed by atoms with Crippen molar-refractivity contribution < 1.29 is 4.74 Å². The molecule has 0 fully saturated rings. The lowest BCUT2D eigenvalue weighted by Gasteiger charge is -2.12. The lowest BCUT2D eigenvalue weighted by molar-refractivity contribution is 0.342. The normalized spacial score (nSPS) is 10.3. The maximum Gasteiger partial charge on any atom is 0.144 e. The van der Waals surface area contributed by atoms with Crippen molar-refractivity contribution in [3.63, 3.8) is 0 Å². The molecule has 5 heteroatoms. The van der Waals surface area contributed by atoms with Gasteiger partial charge < -0.3 is 15.8 Å². The van der Waals surface area contributed by atoms with Crippen molar-refractivity contribution in [1.29, 1.82) is 0 Å². The Morgan fingerprint density at radius 3 is 2.94 bits per heavy atom. The van der Waals surface area contributed by atoms with Gasteiger partial charge in [-0.2, -0.15) is 0 Å². The molecule has 0 saturated heterocycles. The van der Waals surface area contributed by atoms with E-state index in [9.17, 15) is 0 Å². The Bertz CT molecular complexity index is 525. The first-order valence-corrected chi connectivity index (χ1v) is 6.75. The largest absolute Gasteiger partial charge is 0.492 e. The Hall–Kier alpha value is -1.75. The Morgan fingerprint density at radius 1 is 1.44 bits per heavy atom. The fourth-order valence-corrected chi connectivity index (χ4v) is 2.35. The summed E-state index contributed by atoms with van der Waals surface area (Å²) in [5.41, 5.74) is 8.61. The fourth-order valence-electron chi connectivity index (χ4n) is 1.63. The first kappa shape index (κ1) is 12.7. The second-order valence-electron chi connectivity index (χ2n) is 3.89. The highest BCUT2D eigenvalue weighted by molar-refractivity contribution is 7.09. The molecular weight excluding hydrogens is 246 g/mol. The highest BCUT2D eigenvalue weighted by Crippen LogP contribution is 2.29. The van der Waals surface area contributed by atoms with Crippen LogP contribution in [0.4, 0.5) is 11.4 Å². The predicted molar refractivity (Wildman–Crippen MR) is 76.2 cm³/mol. The van der Waals surface area contributed by atoms with Crippen LogP contribution >= 0.6 is 11.3 Å². The van der Waals surface area contributed by atoms with E-state index in [-0.39, 0.29) is 0 Å². The van der Waals surface area contributed by atoms with E-state index in [1.54, 1.807) is 11.3 Å². The fraction of sp³-hybridized carbons (Fsp3) is 0.308. The first-order chi connectivity index (χ1) is 8.70. The third-order valence-corrected chi connectivity index (χ3v) is 3.43. The van der Waals surface area contributed by atoms with Crippen LogP contribution in [0.5, 0.6) is 5.75 Å². The third kappa shape index (κ3) is 2.92. The SMILES string of the molecule is CCOc1cccc(NCc2nc(C)cs2)c1N. The number of benzene rings is 1. The number of anilines is 2. The zero-order chi connectivity index (χ0) is 13.0. The standard InChI is InChI=1S/C13H17N3OS/c1-3-17-11-6-4-5-10(13(11)14)15-7-12-16-9(2)8-18-12/h4-6,8,15H,3,7,14H2,1-2H3. The van der Waals surface area contributed by atoms with Gasteiger partial charge in [0.2, 0.25) is 0 Å². The molecule has 0 saturated carbocycles. The molecule has 0 aliphatic rings. The summed E-state index contributed by atoms with van der Waals surface area (Å²) >= 11 is 1.64. The summed E-state index contributed by atoms with van der Waals surface area (Å²) in [6.07, 6.45) is 0. The number of rotatable bonds is 5. The lowest BCUT2D eigenvalue weighted by atomic mass is 10.2. The van der Waals surface area contributed by atoms with Crippen molar-refractivity contribution >= 4 is 22.7 Å². The van der Waals surface area contributed by atoms with E-state index in [1.165, 1.54) is 0 Å². The number of aromatic nitrogens is 1. The Kier molecular flexibility index (Phi) is 4.04. The molecule has 0 unspecified atom stereocenters. The van der Waals surface area contributed by atoms with Crippen LogP contribution in [0.25, 0.3) is 0 Å². The Labute approximate surface area is 111 Å². The number of hydrogen-bond donors (Lipinski definition) is 2. The van der Waals surface area contributed by atoms with Crippen LogP contribution in [-0.2, 0) is 6.54 Å². The molecule has 0 atom stereocenters. The summed E-state index contributed by atoms with van der Waals surface area (Å²) in [5, 5.41) is 6.37. The van der Waals surface area contributed by atoms with Crippen molar-refractivity contribution in [3.8, 4) is 5.75 Å². The molecule has 2 aromatic rings. The molecule has 0 bridgehead atoms. The summed E-state index contributed by atoms with van der Waals surface area (Å²) in [4.78, 5) is 4.40. The minimum Gasteiger partial charge on any atom is -0.492 e. The Morgan fingerprint density at radius 2 is 2.28 bits per heavy atom. The molecule has 4 nitrogen and oxygen atoms in total. The van der Waals surface area contributed by atoms with Crippen LogP contribution in [0.2, 0.25) is 0 Å². The maximum atomic E-state index is 6.03. The van der Waals surface area contributed by atoms with Crippen LogP contribution < -0.4 is 15.8 Å². The molecule has 2 rings (SSSR count). The number of aryl methyl sites for hydroxylation is 1. The molecule has 1 aromatic carbocycles. The van der Waals surface area contributed by atoms with Gasteiger partial charge in [0, 0.05) is 11.1 Å². The van der Waals surface area contributed by atoms with Gasteiger partial charge in [-0.25, -0.2) is 4.98 Å². The number of nitrogens with zero attached hydrogens (tertiary/aromatic N) is 1. The average Bonchev–Trinajstić information content (AvgIpc) is 2.77. The summed E-state index contributed by atoms with van der Waals surface area (Å²) in [5.74, 6) is 0.720. The molecule has 18 heavy (non-hydrogen) atoms. The van der Waals surface area contributed by atoms with E-state index < -0.39 is 0 Å². The third-order valence-electron chi connectivity index (χ3n) is 2.46. The summed E-state index contributed by atoms with van der Waals surface area (Å²) in [7, 11) is 0. The van der Waals surface area contributed by atoms with Crippen LogP contribution in [0.1, 0.15) is 17.6 Å². The van der Waals surface area contributed by atoms with Gasteiger partial charge in [-0.15, -0.1) is 11.3 Å². The number of nitrogens with one attached hydrogen (secondary N) is 1. The summed E-state index contributed by atoms with van der Waals surface area (Å²) < 4.78 is 5.46. The predicted octanol–water partition coefficient (Wildman–Crippen LogP) is 3.04. The van der Waals surface area contributed by atoms with Crippen LogP contribution in [0.15, 0.2) is 23.6 Å². The molecule has 3 N–H and O–H groups in total. The van der Waals surface area contributed by atoms with Crippen molar-refractivity contribution in [2.75, 3.05) is 17.7 Å². The summed E-state index contributed by atoms with van der Waals surface area (Å²) in [6.45, 7) is 5.22. The van der Waals surface area contributed by atoms with Gasteiger partial charge >= 0.3 is 0 Å². The van der Waals surface area contributed by atoms with Gasteiger partial charge in [0.25, 0.3) is 0 Å². The highest BCUT2D eigenvalue weighted by atomic mass is 32.1. The zero-order valence-corrected chi connectivity index (χ0v) is 11.4. The first-order valence-electron chi connectivity index (χ1n) is 5.87. The second-order valence-corrected chi connectivity index (χ2v) is 4.83. The van der Waals surface area contributed by atoms with E-state index in [1.807, 2.05) is 37.4 Å². The number of hydrogen-bond acceptors (Lipinski definition) is 5. The average molecular weight is 263 g/mol. The molecule has 96 valence electrons. The van der Waals surface area contributed by atoms with Gasteiger partial charge in [0.15, 0.2) is 0 Å². The number of ether oxygens (including phenoxy) is 1. The monoisotopic (exact) mass is 263 g/mol. The van der Waals surface area contributed by atoms with Crippen molar-refractivity contribution in [2.24, 2.45) is 0 Å². The van der Waals surface area contributed by atoms with Crippen molar-refractivity contribution in [2.45, 2.75) is 20.4 Å². The summed E-state index contributed by atoms with van der Waals surface area (Å²) in [6, 6.07) is 5.74. The van der Waals surface area contributed by atoms with Crippen molar-refractivity contribution in [1.82, 2.24) is 4.98 Å². The van der Waals surface area contributed by atoms with Gasteiger partial charge in [0.1, 0.15) is 10.8 Å². The van der Waals surface area contributed by atoms with Gasteiger partial charge in [0.05, 0.1) is 24.5 Å². The van der Waals surface area contributed by atoms with Gasteiger partial charge in [-0.3, -0.25) is 0 Å². The number of nitrogens with two attached hydrogens (primary N) is 1. The van der Waals surface area contributed by atoms with Crippen LogP contribution in [0.3, 0.4) is 0 Å². The highest BCUT2D eigenvalue weighted by Gasteiger charge is 2.06. The lowest BCUT2D eigenvalue weighted by Crippen LogP contribution is -2.04. The Balaban J connectivity index is 2.07. The molecular formula is C13H17N3OS. The topological polar surface area (TPSA) is 60.2 Å². The number of nitrogen functional groups attached to an aromatic ring is 1. The molecule has 0 radical (unpaired) electrons. The van der Waals surface area contributed by atoms with E-state index in [0.717, 1.165) is 22.1 Å². The van der Waals surface area contributed by atoms with Crippen LogP contribution in [0, 0.1) is 6.92 Å². The quantitative estimate of drug-likeness (QED) is 0.814. The minimum absolute atomic E-state index is 0.610. The smallest absolute Gasteiger partial charge is 0.144 e. The second kappa shape index (κ2) is 5.73. The molecule has 0 aliphatic carbocycles. The number of thiazole rings is 1. The van der Waals surface area contributed by atoms with Crippen LogP contribution in [-0.4, -0.2) is 11.6 Å². The van der Waals surface area contributed by atoms with E-state index in [0.29, 0.717) is 18.8 Å². The van der Waals surface area contributed by atoms with Gasteiger partial charge in [-0.1, -0.05) is 6.07 Å². The zero-order valence-electron chi connectivity index (χ0n) is 10.6. The van der Waals surface area contributed by atoms with Gasteiger partial charge in [-0.05, 0) is 26.0 Å². The molecule has 0 amide bonds. The maximum absolute atomic E-state index is 6.03. The van der Waals surface area contributed by atoms with E-state index in [4.69, 9.17) is 10.5 Å².